The maximum atomic E-state index is 13.4. The van der Waals surface area contributed by atoms with Gasteiger partial charge in [0.05, 0.1) is 19.8 Å². The average molecular weight is 341 g/mol. The van der Waals surface area contributed by atoms with Crippen LogP contribution in [0.25, 0.3) is 0 Å². The van der Waals surface area contributed by atoms with E-state index in [1.165, 1.54) is 36.8 Å². The number of rotatable bonds is 2. The van der Waals surface area contributed by atoms with E-state index in [1.807, 2.05) is 6.07 Å². The Hall–Kier alpha value is -1.55. The fourth-order valence-corrected chi connectivity index (χ4v) is 5.59. The molecule has 1 heterocycles. The quantitative estimate of drug-likeness (QED) is 0.826. The van der Waals surface area contributed by atoms with E-state index in [9.17, 15) is 4.79 Å². The van der Waals surface area contributed by atoms with Gasteiger partial charge in [-0.15, -0.1) is 0 Å². The molecule has 25 heavy (non-hydrogen) atoms. The second-order valence-electron chi connectivity index (χ2n) is 8.30. The van der Waals surface area contributed by atoms with Crippen LogP contribution in [0.15, 0.2) is 18.2 Å². The predicted molar refractivity (Wildman–Crippen MR) is 94.5 cm³/mol. The van der Waals surface area contributed by atoms with Gasteiger partial charge in [0.25, 0.3) is 0 Å². The number of carbonyl (C=O) groups excluding carboxylic acids is 1. The average Bonchev–Trinajstić information content (AvgIpc) is 3.31. The highest BCUT2D eigenvalue weighted by Gasteiger charge is 2.56. The summed E-state index contributed by atoms with van der Waals surface area (Å²) in [4.78, 5) is 15.6. The summed E-state index contributed by atoms with van der Waals surface area (Å²) in [7, 11) is 1.71. The summed E-state index contributed by atoms with van der Waals surface area (Å²) < 4.78 is 11.5. The molecule has 1 aliphatic heterocycles. The first-order valence-corrected chi connectivity index (χ1v) is 9.81. The molecule has 1 spiro atoms. The summed E-state index contributed by atoms with van der Waals surface area (Å²) in [5, 5.41) is 0. The molecular weight excluding hydrogens is 314 g/mol. The van der Waals surface area contributed by atoms with Crippen molar-refractivity contribution in [2.75, 3.05) is 20.3 Å². The van der Waals surface area contributed by atoms with E-state index in [4.69, 9.17) is 9.47 Å². The maximum Gasteiger partial charge on any atom is 0.226 e. The van der Waals surface area contributed by atoms with Crippen molar-refractivity contribution in [2.24, 2.45) is 11.3 Å². The van der Waals surface area contributed by atoms with Gasteiger partial charge >= 0.3 is 0 Å². The maximum absolute atomic E-state index is 13.4. The van der Waals surface area contributed by atoms with Crippen LogP contribution in [0.2, 0.25) is 0 Å². The van der Waals surface area contributed by atoms with E-state index in [0.29, 0.717) is 17.9 Å². The molecule has 5 rings (SSSR count). The largest absolute Gasteiger partial charge is 0.497 e. The third-order valence-electron chi connectivity index (χ3n) is 7.13. The number of morpholine rings is 1. The van der Waals surface area contributed by atoms with Gasteiger partial charge in [0, 0.05) is 12.5 Å². The lowest BCUT2D eigenvalue weighted by atomic mass is 9.82. The number of benzene rings is 1. The number of methoxy groups -OCH3 is 1. The lowest BCUT2D eigenvalue weighted by Gasteiger charge is -2.46. The Balaban J connectivity index is 1.41. The normalized spacial score (nSPS) is 32.2. The van der Waals surface area contributed by atoms with Gasteiger partial charge in [0.1, 0.15) is 11.9 Å². The summed E-state index contributed by atoms with van der Waals surface area (Å²) in [6, 6.07) is 6.49. The lowest BCUT2D eigenvalue weighted by molar-refractivity contribution is -0.154. The number of hydrogen-bond acceptors (Lipinski definition) is 3. The summed E-state index contributed by atoms with van der Waals surface area (Å²) in [6.07, 6.45) is 8.16. The molecule has 4 aliphatic rings. The Morgan fingerprint density at radius 1 is 1.28 bits per heavy atom. The van der Waals surface area contributed by atoms with Crippen LogP contribution < -0.4 is 4.74 Å². The van der Waals surface area contributed by atoms with E-state index in [-0.39, 0.29) is 18.1 Å². The molecule has 0 bridgehead atoms. The molecule has 3 fully saturated rings. The van der Waals surface area contributed by atoms with E-state index in [2.05, 4.69) is 17.0 Å². The molecule has 3 atom stereocenters. The molecule has 0 N–H and O–H groups in total. The second-order valence-corrected chi connectivity index (χ2v) is 8.30. The van der Waals surface area contributed by atoms with Crippen LogP contribution in [0.4, 0.5) is 0 Å². The van der Waals surface area contributed by atoms with Crippen LogP contribution in [0.3, 0.4) is 0 Å². The molecule has 1 aromatic rings. The van der Waals surface area contributed by atoms with Gasteiger partial charge in [-0.25, -0.2) is 0 Å². The van der Waals surface area contributed by atoms with E-state index < -0.39 is 0 Å². The standard InChI is InChI=1S/C21H27NO3/c1-24-15-5-6-16-14(13-15)4-7-18-19(16)25-12-11-22(18)20(23)17-3-2-8-21(17)9-10-21/h5-6,13,17-19H,2-4,7-12H2,1H3. The Labute approximate surface area is 149 Å². The monoisotopic (exact) mass is 341 g/mol. The zero-order chi connectivity index (χ0) is 17.0. The van der Waals surface area contributed by atoms with Crippen LogP contribution in [-0.2, 0) is 16.0 Å². The van der Waals surface area contributed by atoms with Crippen LogP contribution in [-0.4, -0.2) is 37.1 Å². The van der Waals surface area contributed by atoms with Crippen LogP contribution in [0.5, 0.6) is 5.75 Å². The number of hydrogen-bond donors (Lipinski definition) is 0. The van der Waals surface area contributed by atoms with Gasteiger partial charge in [-0.05, 0) is 67.2 Å². The Morgan fingerprint density at radius 3 is 2.96 bits per heavy atom. The first-order chi connectivity index (χ1) is 12.2. The fraction of sp³-hybridized carbons (Fsp3) is 0.667. The molecule has 0 radical (unpaired) electrons. The topological polar surface area (TPSA) is 38.8 Å². The van der Waals surface area contributed by atoms with Gasteiger partial charge in [0.15, 0.2) is 0 Å². The van der Waals surface area contributed by atoms with Crippen molar-refractivity contribution >= 4 is 5.91 Å². The molecular formula is C21H27NO3. The Morgan fingerprint density at radius 2 is 2.16 bits per heavy atom. The summed E-state index contributed by atoms with van der Waals surface area (Å²) in [5.41, 5.74) is 2.95. The van der Waals surface area contributed by atoms with Crippen molar-refractivity contribution in [3.8, 4) is 5.75 Å². The molecule has 3 unspecified atom stereocenters. The van der Waals surface area contributed by atoms with Gasteiger partial charge in [-0.1, -0.05) is 12.5 Å². The fourth-order valence-electron chi connectivity index (χ4n) is 5.59. The van der Waals surface area contributed by atoms with Gasteiger partial charge in [-0.3, -0.25) is 4.79 Å². The molecule has 3 aliphatic carbocycles. The number of carbonyl (C=O) groups is 1. The highest BCUT2D eigenvalue weighted by molar-refractivity contribution is 5.81. The van der Waals surface area contributed by atoms with Crippen LogP contribution in [0, 0.1) is 11.3 Å². The van der Waals surface area contributed by atoms with Crippen LogP contribution in [0.1, 0.15) is 55.8 Å². The molecule has 4 nitrogen and oxygen atoms in total. The van der Waals surface area contributed by atoms with Gasteiger partial charge in [0.2, 0.25) is 5.91 Å². The lowest BCUT2D eigenvalue weighted by Crippen LogP contribution is -2.53. The highest BCUT2D eigenvalue weighted by atomic mass is 16.5. The molecule has 134 valence electrons. The number of nitrogens with zero attached hydrogens (tertiary/aromatic N) is 1. The van der Waals surface area contributed by atoms with Crippen molar-refractivity contribution in [1.82, 2.24) is 4.90 Å². The van der Waals surface area contributed by atoms with Crippen molar-refractivity contribution in [1.29, 1.82) is 0 Å². The van der Waals surface area contributed by atoms with E-state index in [1.54, 1.807) is 7.11 Å². The van der Waals surface area contributed by atoms with Crippen molar-refractivity contribution in [3.63, 3.8) is 0 Å². The van der Waals surface area contributed by atoms with Crippen LogP contribution >= 0.6 is 0 Å². The predicted octanol–water partition coefficient (Wildman–Crippen LogP) is 3.49. The minimum Gasteiger partial charge on any atom is -0.497 e. The minimum atomic E-state index is 0.0314. The second kappa shape index (κ2) is 5.73. The van der Waals surface area contributed by atoms with Gasteiger partial charge in [-0.2, -0.15) is 0 Å². The molecule has 1 saturated heterocycles. The Kier molecular flexibility index (Phi) is 3.60. The zero-order valence-corrected chi connectivity index (χ0v) is 15.0. The van der Waals surface area contributed by atoms with Crippen molar-refractivity contribution in [2.45, 2.75) is 57.1 Å². The summed E-state index contributed by atoms with van der Waals surface area (Å²) in [5.74, 6) is 1.61. The molecule has 4 heteroatoms. The molecule has 1 aromatic carbocycles. The smallest absolute Gasteiger partial charge is 0.226 e. The first-order valence-electron chi connectivity index (χ1n) is 9.81. The third-order valence-corrected chi connectivity index (χ3v) is 7.13. The first kappa shape index (κ1) is 15.7. The Bertz CT molecular complexity index is 696. The van der Waals surface area contributed by atoms with Crippen molar-refractivity contribution in [3.05, 3.63) is 29.3 Å². The highest BCUT2D eigenvalue weighted by Crippen LogP contribution is 2.62. The SMILES string of the molecule is COc1ccc2c(c1)CCC1C2OCCN1C(=O)C1CCCC12CC2. The number of ether oxygens (including phenoxy) is 2. The van der Waals surface area contributed by atoms with Gasteiger partial charge < -0.3 is 14.4 Å². The number of aryl methyl sites for hydroxylation is 1. The summed E-state index contributed by atoms with van der Waals surface area (Å²) in [6.45, 7) is 1.41. The third kappa shape index (κ3) is 2.41. The summed E-state index contributed by atoms with van der Waals surface area (Å²) >= 11 is 0. The van der Waals surface area contributed by atoms with E-state index in [0.717, 1.165) is 31.6 Å². The van der Waals surface area contributed by atoms with E-state index >= 15 is 0 Å². The molecule has 0 aromatic heterocycles. The number of amides is 1. The number of fused-ring (bicyclic) bond motifs is 3. The molecule has 1 amide bonds. The zero-order valence-electron chi connectivity index (χ0n) is 15.0. The van der Waals surface area contributed by atoms with Crippen molar-refractivity contribution < 1.29 is 14.3 Å². The minimum absolute atomic E-state index is 0.0314. The molecule has 2 saturated carbocycles.